The summed E-state index contributed by atoms with van der Waals surface area (Å²) in [5.41, 5.74) is 8.68. The van der Waals surface area contributed by atoms with Gasteiger partial charge in [-0.05, 0) is 48.1 Å². The first-order valence-electron chi connectivity index (χ1n) is 12.7. The van der Waals surface area contributed by atoms with E-state index in [1.54, 1.807) is 0 Å². The molecule has 0 amide bonds. The zero-order chi connectivity index (χ0) is 24.7. The number of alkyl halides is 2. The summed E-state index contributed by atoms with van der Waals surface area (Å²) < 4.78 is 27.4. The normalized spacial score (nSPS) is 18.2. The highest BCUT2D eigenvalue weighted by molar-refractivity contribution is 5.76. The SMILES string of the molecule is CCCNCc1ncc(-c2ccc(-c3ccc4c(c3)CCc3[nH]c([C@@H]5CC(F)(F)CN5)nc3-4)cc2)[nH]1. The van der Waals surface area contributed by atoms with E-state index < -0.39 is 12.0 Å². The van der Waals surface area contributed by atoms with E-state index in [0.29, 0.717) is 5.82 Å². The topological polar surface area (TPSA) is 81.4 Å². The average molecular weight is 489 g/mol. The fraction of sp³-hybridized carbons (Fsp3) is 0.357. The molecule has 1 atom stereocenters. The van der Waals surface area contributed by atoms with Crippen molar-refractivity contribution in [2.45, 2.75) is 51.1 Å². The highest BCUT2D eigenvalue weighted by Gasteiger charge is 2.41. The van der Waals surface area contributed by atoms with E-state index in [4.69, 9.17) is 4.98 Å². The maximum atomic E-state index is 13.7. The van der Waals surface area contributed by atoms with Crippen molar-refractivity contribution in [2.75, 3.05) is 13.1 Å². The summed E-state index contributed by atoms with van der Waals surface area (Å²) in [6, 6.07) is 14.6. The molecule has 0 bridgehead atoms. The standard InChI is InChI=1S/C28H30F2N6/c1-2-11-31-15-25-32-14-24(34-25)18-5-3-17(4-6-18)19-7-9-21-20(12-19)8-10-22-26(21)36-27(35-22)23-13-28(29,30)16-33-23/h3-7,9,12,14,23,31,33H,2,8,10-11,13,15-16H2,1H3,(H,32,34)(H,35,36)/t23-/m0/s1. The van der Waals surface area contributed by atoms with E-state index in [-0.39, 0.29) is 13.0 Å². The van der Waals surface area contributed by atoms with Crippen molar-refractivity contribution >= 4 is 0 Å². The molecule has 0 saturated carbocycles. The number of imidazole rings is 2. The fourth-order valence-corrected chi connectivity index (χ4v) is 5.20. The lowest BCUT2D eigenvalue weighted by molar-refractivity contribution is 0.0208. The second kappa shape index (κ2) is 9.26. The van der Waals surface area contributed by atoms with Gasteiger partial charge in [-0.25, -0.2) is 18.7 Å². The number of fused-ring (bicyclic) bond motifs is 3. The molecule has 1 saturated heterocycles. The Hall–Kier alpha value is -3.36. The van der Waals surface area contributed by atoms with Crippen LogP contribution in [0.1, 0.15) is 48.7 Å². The summed E-state index contributed by atoms with van der Waals surface area (Å²) in [4.78, 5) is 15.9. The Morgan fingerprint density at radius 2 is 1.83 bits per heavy atom. The molecule has 1 fully saturated rings. The molecule has 3 heterocycles. The molecule has 4 N–H and O–H groups in total. The van der Waals surface area contributed by atoms with Crippen LogP contribution in [0.2, 0.25) is 0 Å². The van der Waals surface area contributed by atoms with Gasteiger partial charge in [0.05, 0.1) is 36.7 Å². The molecule has 0 unspecified atom stereocenters. The highest BCUT2D eigenvalue weighted by Crippen LogP contribution is 2.38. The number of aryl methyl sites for hydroxylation is 2. The number of halogens is 2. The minimum atomic E-state index is -2.67. The van der Waals surface area contributed by atoms with Gasteiger partial charge >= 0.3 is 0 Å². The van der Waals surface area contributed by atoms with Crippen LogP contribution in [0.3, 0.4) is 0 Å². The number of hydrogen-bond acceptors (Lipinski definition) is 4. The predicted octanol–water partition coefficient (Wildman–Crippen LogP) is 5.40. The molecule has 8 heteroatoms. The first kappa shape index (κ1) is 23.1. The number of rotatable bonds is 7. The smallest absolute Gasteiger partial charge is 0.262 e. The Morgan fingerprint density at radius 1 is 1.03 bits per heavy atom. The molecule has 36 heavy (non-hydrogen) atoms. The maximum absolute atomic E-state index is 13.7. The van der Waals surface area contributed by atoms with E-state index in [1.807, 2.05) is 6.20 Å². The molecule has 0 radical (unpaired) electrons. The van der Waals surface area contributed by atoms with E-state index in [9.17, 15) is 8.78 Å². The summed E-state index contributed by atoms with van der Waals surface area (Å²) in [7, 11) is 0. The first-order valence-corrected chi connectivity index (χ1v) is 12.7. The number of benzene rings is 2. The average Bonchev–Trinajstić information content (AvgIpc) is 3.62. The summed E-state index contributed by atoms with van der Waals surface area (Å²) in [6.07, 6.45) is 4.50. The minimum Gasteiger partial charge on any atom is -0.344 e. The molecule has 2 aromatic heterocycles. The van der Waals surface area contributed by atoms with E-state index >= 15 is 0 Å². The van der Waals surface area contributed by atoms with Crippen LogP contribution in [0.5, 0.6) is 0 Å². The number of nitrogens with zero attached hydrogens (tertiary/aromatic N) is 2. The van der Waals surface area contributed by atoms with E-state index in [1.165, 1.54) is 5.56 Å². The van der Waals surface area contributed by atoms with Crippen LogP contribution < -0.4 is 10.6 Å². The van der Waals surface area contributed by atoms with Gasteiger partial charge in [0.25, 0.3) is 5.92 Å². The molecular formula is C28H30F2N6. The van der Waals surface area contributed by atoms with Gasteiger partial charge < -0.3 is 20.6 Å². The van der Waals surface area contributed by atoms with Crippen LogP contribution in [0.25, 0.3) is 33.6 Å². The fourth-order valence-electron chi connectivity index (χ4n) is 5.20. The second-order valence-corrected chi connectivity index (χ2v) is 9.81. The third-order valence-corrected chi connectivity index (χ3v) is 7.12. The molecule has 6 rings (SSSR count). The van der Waals surface area contributed by atoms with Gasteiger partial charge in [-0.1, -0.05) is 49.4 Å². The van der Waals surface area contributed by atoms with Gasteiger partial charge in [-0.3, -0.25) is 0 Å². The predicted molar refractivity (Wildman–Crippen MR) is 137 cm³/mol. The molecular weight excluding hydrogens is 458 g/mol. The second-order valence-electron chi connectivity index (χ2n) is 9.81. The quantitative estimate of drug-likeness (QED) is 0.263. The Kier molecular flexibility index (Phi) is 5.93. The zero-order valence-corrected chi connectivity index (χ0v) is 20.3. The van der Waals surface area contributed by atoms with Crippen LogP contribution in [0.4, 0.5) is 8.78 Å². The molecule has 2 aliphatic rings. The van der Waals surface area contributed by atoms with Crippen molar-refractivity contribution in [1.29, 1.82) is 0 Å². The monoisotopic (exact) mass is 488 g/mol. The van der Waals surface area contributed by atoms with Crippen LogP contribution in [0.15, 0.2) is 48.7 Å². The largest absolute Gasteiger partial charge is 0.344 e. The van der Waals surface area contributed by atoms with Gasteiger partial charge in [-0.15, -0.1) is 0 Å². The Balaban J connectivity index is 1.20. The lowest BCUT2D eigenvalue weighted by Crippen LogP contribution is -2.19. The zero-order valence-electron chi connectivity index (χ0n) is 20.3. The van der Waals surface area contributed by atoms with Gasteiger partial charge in [-0.2, -0.15) is 0 Å². The van der Waals surface area contributed by atoms with Gasteiger partial charge in [0.1, 0.15) is 11.6 Å². The van der Waals surface area contributed by atoms with E-state index in [0.717, 1.165) is 77.5 Å². The Labute approximate surface area is 209 Å². The number of hydrogen-bond donors (Lipinski definition) is 4. The van der Waals surface area contributed by atoms with Crippen molar-refractivity contribution in [3.8, 4) is 33.6 Å². The molecule has 4 aromatic rings. The van der Waals surface area contributed by atoms with Crippen LogP contribution in [-0.4, -0.2) is 38.9 Å². The number of aromatic nitrogens is 4. The molecule has 2 aromatic carbocycles. The van der Waals surface area contributed by atoms with Crippen LogP contribution >= 0.6 is 0 Å². The van der Waals surface area contributed by atoms with E-state index in [2.05, 4.69) is 75.0 Å². The molecule has 6 nitrogen and oxygen atoms in total. The van der Waals surface area contributed by atoms with Crippen molar-refractivity contribution in [3.05, 3.63) is 71.6 Å². The molecule has 186 valence electrons. The van der Waals surface area contributed by atoms with Gasteiger partial charge in [0.15, 0.2) is 0 Å². The minimum absolute atomic E-state index is 0.212. The van der Waals surface area contributed by atoms with Crippen molar-refractivity contribution < 1.29 is 8.78 Å². The van der Waals surface area contributed by atoms with Gasteiger partial charge in [0, 0.05) is 17.7 Å². The lowest BCUT2D eigenvalue weighted by Gasteiger charge is -2.16. The highest BCUT2D eigenvalue weighted by atomic mass is 19.3. The maximum Gasteiger partial charge on any atom is 0.262 e. The number of nitrogens with one attached hydrogen (secondary N) is 4. The third-order valence-electron chi connectivity index (χ3n) is 7.12. The third kappa shape index (κ3) is 4.47. The summed E-state index contributed by atoms with van der Waals surface area (Å²) in [5.74, 6) is -1.12. The van der Waals surface area contributed by atoms with Crippen LogP contribution in [-0.2, 0) is 19.4 Å². The van der Waals surface area contributed by atoms with Crippen molar-refractivity contribution in [1.82, 2.24) is 30.6 Å². The Bertz CT molecular complexity index is 1370. The summed E-state index contributed by atoms with van der Waals surface area (Å²) in [5, 5.41) is 6.27. The summed E-state index contributed by atoms with van der Waals surface area (Å²) >= 11 is 0. The molecule has 1 aliphatic carbocycles. The summed E-state index contributed by atoms with van der Waals surface area (Å²) in [6.45, 7) is 3.57. The number of H-pyrrole nitrogens is 2. The van der Waals surface area contributed by atoms with Crippen molar-refractivity contribution in [2.24, 2.45) is 0 Å². The van der Waals surface area contributed by atoms with Crippen molar-refractivity contribution in [3.63, 3.8) is 0 Å². The molecule has 1 aliphatic heterocycles. The number of aromatic amines is 2. The lowest BCUT2D eigenvalue weighted by atomic mass is 9.89. The molecule has 0 spiro atoms. The van der Waals surface area contributed by atoms with Crippen LogP contribution in [0, 0.1) is 0 Å². The van der Waals surface area contributed by atoms with Gasteiger partial charge in [0.2, 0.25) is 0 Å². The first-order chi connectivity index (χ1) is 17.5. The Morgan fingerprint density at radius 3 is 2.61 bits per heavy atom.